The molecule has 0 radical (unpaired) electrons. The van der Waals surface area contributed by atoms with Gasteiger partial charge >= 0.3 is 6.09 Å². The maximum absolute atomic E-state index is 12.8. The number of carbonyl (C=O) groups excluding carboxylic acids is 1. The molecule has 2 aliphatic heterocycles. The van der Waals surface area contributed by atoms with Gasteiger partial charge in [0.2, 0.25) is 10.0 Å². The average Bonchev–Trinajstić information content (AvgIpc) is 2.88. The largest absolute Gasteiger partial charge is 0.496 e. The second-order valence-electron chi connectivity index (χ2n) is 5.96. The van der Waals surface area contributed by atoms with Crippen LogP contribution in [0.25, 0.3) is 0 Å². The van der Waals surface area contributed by atoms with Crippen molar-refractivity contribution in [3.63, 3.8) is 0 Å². The Morgan fingerprint density at radius 1 is 1.30 bits per heavy atom. The number of carbonyl (C=O) groups is 1. The molecule has 2 fully saturated rings. The van der Waals surface area contributed by atoms with Crippen molar-refractivity contribution in [3.8, 4) is 5.75 Å². The summed E-state index contributed by atoms with van der Waals surface area (Å²) in [6.07, 6.45) is 0.576. The molecule has 0 aromatic heterocycles. The minimum atomic E-state index is -3.55. The highest BCUT2D eigenvalue weighted by Gasteiger charge is 2.45. The summed E-state index contributed by atoms with van der Waals surface area (Å²) in [5, 5.41) is 2.64. The molecule has 2 heterocycles. The van der Waals surface area contributed by atoms with Crippen LogP contribution in [0.1, 0.15) is 18.4 Å². The first-order valence-corrected chi connectivity index (χ1v) is 8.92. The number of sulfonamides is 1. The highest BCUT2D eigenvalue weighted by molar-refractivity contribution is 7.89. The van der Waals surface area contributed by atoms with Crippen molar-refractivity contribution in [3.05, 3.63) is 23.8 Å². The lowest BCUT2D eigenvalue weighted by molar-refractivity contribution is 0.0173. The van der Waals surface area contributed by atoms with Crippen LogP contribution in [0, 0.1) is 6.92 Å². The van der Waals surface area contributed by atoms with E-state index >= 15 is 0 Å². The van der Waals surface area contributed by atoms with Crippen molar-refractivity contribution in [2.24, 2.45) is 0 Å². The number of ether oxygens (including phenoxy) is 2. The highest BCUT2D eigenvalue weighted by Crippen LogP contribution is 2.32. The Morgan fingerprint density at radius 2 is 2.00 bits per heavy atom. The number of hydrogen-bond acceptors (Lipinski definition) is 5. The first kappa shape index (κ1) is 16.1. The number of alkyl carbamates (subject to hydrolysis) is 1. The molecule has 1 amide bonds. The van der Waals surface area contributed by atoms with Gasteiger partial charge in [-0.1, -0.05) is 0 Å². The van der Waals surface area contributed by atoms with Crippen molar-refractivity contribution in [1.82, 2.24) is 9.62 Å². The van der Waals surface area contributed by atoms with E-state index in [9.17, 15) is 13.2 Å². The molecule has 0 bridgehead atoms. The zero-order valence-electron chi connectivity index (χ0n) is 13.2. The molecule has 2 saturated heterocycles. The van der Waals surface area contributed by atoms with Crippen LogP contribution in [-0.2, 0) is 14.8 Å². The van der Waals surface area contributed by atoms with Crippen LogP contribution in [0.15, 0.2) is 23.1 Å². The zero-order chi connectivity index (χ0) is 16.7. The van der Waals surface area contributed by atoms with Gasteiger partial charge in [0.25, 0.3) is 0 Å². The molecule has 0 atom stereocenters. The van der Waals surface area contributed by atoms with Gasteiger partial charge in [-0.2, -0.15) is 4.31 Å². The summed E-state index contributed by atoms with van der Waals surface area (Å²) in [4.78, 5) is 11.5. The van der Waals surface area contributed by atoms with Crippen molar-refractivity contribution in [1.29, 1.82) is 0 Å². The van der Waals surface area contributed by atoms with E-state index in [1.165, 1.54) is 4.31 Å². The SMILES string of the molecule is COc1ccc(S(=O)(=O)N2CCC3(CC2)CNC(=O)O3)cc1C. The lowest BCUT2D eigenvalue weighted by Crippen LogP contribution is -2.48. The normalized spacial score (nSPS) is 21.0. The molecule has 1 spiro atoms. The van der Waals surface area contributed by atoms with E-state index in [1.54, 1.807) is 25.3 Å². The van der Waals surface area contributed by atoms with Crippen molar-refractivity contribution in [2.75, 3.05) is 26.7 Å². The first-order valence-electron chi connectivity index (χ1n) is 7.48. The van der Waals surface area contributed by atoms with Gasteiger partial charge in [0, 0.05) is 25.9 Å². The number of benzene rings is 1. The molecule has 1 aromatic carbocycles. The molecule has 7 nitrogen and oxygen atoms in total. The molecular formula is C15H20N2O5S. The molecule has 0 unspecified atom stereocenters. The van der Waals surface area contributed by atoms with Gasteiger partial charge in [0.1, 0.15) is 11.4 Å². The molecule has 3 rings (SSSR count). The number of piperidine rings is 1. The quantitative estimate of drug-likeness (QED) is 0.895. The molecule has 0 aliphatic carbocycles. The number of rotatable bonds is 3. The van der Waals surface area contributed by atoms with Crippen LogP contribution in [0.2, 0.25) is 0 Å². The van der Waals surface area contributed by atoms with Gasteiger partial charge in [-0.3, -0.25) is 0 Å². The number of nitrogens with zero attached hydrogens (tertiary/aromatic N) is 1. The lowest BCUT2D eigenvalue weighted by atomic mass is 9.93. The molecule has 1 aromatic rings. The van der Waals surface area contributed by atoms with Crippen LogP contribution < -0.4 is 10.1 Å². The molecule has 8 heteroatoms. The van der Waals surface area contributed by atoms with E-state index in [4.69, 9.17) is 9.47 Å². The van der Waals surface area contributed by atoms with Gasteiger partial charge in [-0.25, -0.2) is 13.2 Å². The third kappa shape index (κ3) is 2.88. The number of nitrogens with one attached hydrogen (secondary N) is 1. The second-order valence-corrected chi connectivity index (χ2v) is 7.90. The van der Waals surface area contributed by atoms with Crippen molar-refractivity contribution in [2.45, 2.75) is 30.3 Å². The van der Waals surface area contributed by atoms with Gasteiger partial charge < -0.3 is 14.8 Å². The van der Waals surface area contributed by atoms with E-state index in [1.807, 2.05) is 6.92 Å². The van der Waals surface area contributed by atoms with E-state index < -0.39 is 21.7 Å². The van der Waals surface area contributed by atoms with E-state index in [2.05, 4.69) is 5.32 Å². The Labute approximate surface area is 135 Å². The fraction of sp³-hybridized carbons (Fsp3) is 0.533. The van der Waals surface area contributed by atoms with E-state index in [0.29, 0.717) is 38.2 Å². The summed E-state index contributed by atoms with van der Waals surface area (Å²) >= 11 is 0. The summed E-state index contributed by atoms with van der Waals surface area (Å²) in [7, 11) is -2.00. The summed E-state index contributed by atoms with van der Waals surface area (Å²) in [6, 6.07) is 4.84. The van der Waals surface area contributed by atoms with Crippen molar-refractivity contribution >= 4 is 16.1 Å². The molecule has 126 valence electrons. The Balaban J connectivity index is 1.76. The molecule has 2 aliphatic rings. The number of amides is 1. The summed E-state index contributed by atoms with van der Waals surface area (Å²) in [6.45, 7) is 2.93. The summed E-state index contributed by atoms with van der Waals surface area (Å²) in [5.74, 6) is 0.658. The molecule has 0 saturated carbocycles. The summed E-state index contributed by atoms with van der Waals surface area (Å²) in [5.41, 5.74) is 0.217. The Hall–Kier alpha value is -1.80. The van der Waals surface area contributed by atoms with Crippen LogP contribution in [0.3, 0.4) is 0 Å². The smallest absolute Gasteiger partial charge is 0.407 e. The van der Waals surface area contributed by atoms with Gasteiger partial charge in [0.05, 0.1) is 18.6 Å². The monoisotopic (exact) mass is 340 g/mol. The Kier molecular flexibility index (Phi) is 3.97. The van der Waals surface area contributed by atoms with Gasteiger partial charge in [-0.15, -0.1) is 0 Å². The van der Waals surface area contributed by atoms with Crippen LogP contribution in [-0.4, -0.2) is 51.2 Å². The fourth-order valence-electron chi connectivity index (χ4n) is 3.08. The minimum Gasteiger partial charge on any atom is -0.496 e. The second kappa shape index (κ2) is 5.68. The number of methoxy groups -OCH3 is 1. The van der Waals surface area contributed by atoms with Gasteiger partial charge in [-0.05, 0) is 30.7 Å². The third-order valence-electron chi connectivity index (χ3n) is 4.50. The van der Waals surface area contributed by atoms with E-state index in [0.717, 1.165) is 5.56 Å². The number of aryl methyl sites for hydroxylation is 1. The average molecular weight is 340 g/mol. The van der Waals surface area contributed by atoms with Crippen molar-refractivity contribution < 1.29 is 22.7 Å². The lowest BCUT2D eigenvalue weighted by Gasteiger charge is -2.36. The van der Waals surface area contributed by atoms with E-state index in [-0.39, 0.29) is 4.90 Å². The zero-order valence-corrected chi connectivity index (χ0v) is 14.0. The highest BCUT2D eigenvalue weighted by atomic mass is 32.2. The van der Waals surface area contributed by atoms with Gasteiger partial charge in [0.15, 0.2) is 0 Å². The predicted octanol–water partition coefficient (Wildman–Crippen LogP) is 1.27. The number of hydrogen-bond donors (Lipinski definition) is 1. The maximum Gasteiger partial charge on any atom is 0.407 e. The first-order chi connectivity index (χ1) is 10.9. The third-order valence-corrected chi connectivity index (χ3v) is 6.40. The molecular weight excluding hydrogens is 320 g/mol. The van der Waals surface area contributed by atoms with Crippen LogP contribution in [0.5, 0.6) is 5.75 Å². The Bertz CT molecular complexity index is 723. The molecule has 1 N–H and O–H groups in total. The molecule has 23 heavy (non-hydrogen) atoms. The fourth-order valence-corrected chi connectivity index (χ4v) is 4.60. The Morgan fingerprint density at radius 3 is 2.52 bits per heavy atom. The predicted molar refractivity (Wildman–Crippen MR) is 82.9 cm³/mol. The van der Waals surface area contributed by atoms with Crippen LogP contribution in [0.4, 0.5) is 4.79 Å². The standard InChI is InChI=1S/C15H20N2O5S/c1-11-9-12(3-4-13(11)21-2)23(19,20)17-7-5-15(6-8-17)10-16-14(18)22-15/h3-4,9H,5-8,10H2,1-2H3,(H,16,18). The minimum absolute atomic E-state index is 0.258. The topological polar surface area (TPSA) is 84.9 Å². The van der Waals surface area contributed by atoms with Crippen LogP contribution >= 0.6 is 0 Å². The maximum atomic E-state index is 12.8. The summed E-state index contributed by atoms with van der Waals surface area (Å²) < 4.78 is 37.5.